The van der Waals surface area contributed by atoms with Crippen LogP contribution in [0.1, 0.15) is 239 Å². The first-order valence-electron chi connectivity index (χ1n) is 20.9. The number of unbranched alkanes of at least 4 members (excludes halogenated alkanes) is 29. The summed E-state index contributed by atoms with van der Waals surface area (Å²) in [6, 6.07) is 0. The number of amides is 2. The highest BCUT2D eigenvalue weighted by atomic mass is 16.1. The minimum absolute atomic E-state index is 0.165. The normalized spacial score (nSPS) is 11.4. The average Bonchev–Trinajstić information content (AvgIpc) is 3.05. The average molecular weight is 661 g/mol. The van der Waals surface area contributed by atoms with E-state index in [0.717, 1.165) is 25.7 Å². The Hall–Kier alpha value is -1.58. The van der Waals surface area contributed by atoms with Gasteiger partial charge in [-0.15, -0.1) is 0 Å². The Kier molecular flexibility index (Phi) is 44.9. The van der Waals surface area contributed by atoms with Crippen LogP contribution in [0.25, 0.3) is 0 Å². The maximum Gasteiger partial charge on any atom is 0.217 e. The Morgan fingerprint density at radius 3 is 0.702 bits per heavy atom. The summed E-state index contributed by atoms with van der Waals surface area (Å²) in [5, 5.41) is 0. The van der Waals surface area contributed by atoms with Crippen molar-refractivity contribution in [3.63, 3.8) is 0 Å². The van der Waals surface area contributed by atoms with E-state index in [1.807, 2.05) is 0 Å². The number of carbonyl (C=O) groups excluding carboxylic acids is 2. The highest BCUT2D eigenvalue weighted by Gasteiger charge is 1.97. The fraction of sp³-hybridized carbons (Fsp3) is 0.860. The molecule has 0 spiro atoms. The van der Waals surface area contributed by atoms with Crippen molar-refractivity contribution in [3.8, 4) is 0 Å². The third-order valence-electron chi connectivity index (χ3n) is 9.12. The molecule has 0 heterocycles. The van der Waals surface area contributed by atoms with Crippen molar-refractivity contribution < 1.29 is 9.59 Å². The lowest BCUT2D eigenvalue weighted by molar-refractivity contribution is -0.119. The molecule has 0 saturated heterocycles. The van der Waals surface area contributed by atoms with Crippen LogP contribution in [-0.4, -0.2) is 11.8 Å². The van der Waals surface area contributed by atoms with Crippen molar-refractivity contribution in [1.82, 2.24) is 0 Å². The summed E-state index contributed by atoms with van der Waals surface area (Å²) in [4.78, 5) is 21.4. The fourth-order valence-electron chi connectivity index (χ4n) is 5.98. The number of primary amides is 2. The standard InChI is InChI=1S/C37H70N2O2.C6H14/c38-36(40)34-32-30-28-26-24-22-20-18-16-14-12-10-8-6-4-2-1-3-5-7-9-11-13-15-17-19-21-23-25-27-29-31-33-35-37(39)41;1-3-5-6-4-2/h18-21H,1-17,22-35H2,(H2,38,40)(H2,39,41);3-6H2,1-2H3/b20-18-,21-19-;. The Bertz CT molecular complexity index is 617. The van der Waals surface area contributed by atoms with Gasteiger partial charge in [0.15, 0.2) is 0 Å². The number of allylic oxidation sites excluding steroid dienone is 4. The molecule has 0 unspecified atom stereocenters. The van der Waals surface area contributed by atoms with Crippen LogP contribution in [0.3, 0.4) is 0 Å². The third-order valence-corrected chi connectivity index (χ3v) is 9.12. The Morgan fingerprint density at radius 1 is 0.319 bits per heavy atom. The lowest BCUT2D eigenvalue weighted by Crippen LogP contribution is -2.09. The molecule has 0 aromatic carbocycles. The van der Waals surface area contributed by atoms with E-state index in [0.29, 0.717) is 12.8 Å². The summed E-state index contributed by atoms with van der Waals surface area (Å²) in [6.45, 7) is 4.46. The first-order chi connectivity index (χ1) is 23.0. The summed E-state index contributed by atoms with van der Waals surface area (Å²) in [5.74, 6) is -0.330. The molecule has 0 aromatic heterocycles. The number of hydrogen-bond donors (Lipinski definition) is 2. The monoisotopic (exact) mass is 661 g/mol. The molecule has 0 fully saturated rings. The van der Waals surface area contributed by atoms with Crippen molar-refractivity contribution >= 4 is 11.8 Å². The van der Waals surface area contributed by atoms with Gasteiger partial charge in [0, 0.05) is 12.8 Å². The van der Waals surface area contributed by atoms with Gasteiger partial charge in [0.1, 0.15) is 0 Å². The minimum atomic E-state index is -0.165. The summed E-state index contributed by atoms with van der Waals surface area (Å²) < 4.78 is 0. The molecule has 0 aliphatic rings. The van der Waals surface area contributed by atoms with Gasteiger partial charge < -0.3 is 11.5 Å². The minimum Gasteiger partial charge on any atom is -0.370 e. The van der Waals surface area contributed by atoms with Gasteiger partial charge in [0.2, 0.25) is 11.8 Å². The molecule has 0 aliphatic heterocycles. The smallest absolute Gasteiger partial charge is 0.217 e. The number of nitrogens with two attached hydrogens (primary N) is 2. The highest BCUT2D eigenvalue weighted by Crippen LogP contribution is 2.15. The maximum absolute atomic E-state index is 10.7. The van der Waals surface area contributed by atoms with Crippen molar-refractivity contribution in [2.75, 3.05) is 0 Å². The van der Waals surface area contributed by atoms with Crippen LogP contribution in [0.4, 0.5) is 0 Å². The zero-order chi connectivity index (χ0) is 34.7. The summed E-state index contributed by atoms with van der Waals surface area (Å²) in [6.07, 6.45) is 54.0. The van der Waals surface area contributed by atoms with E-state index >= 15 is 0 Å². The van der Waals surface area contributed by atoms with Crippen molar-refractivity contribution in [2.24, 2.45) is 11.5 Å². The summed E-state index contributed by atoms with van der Waals surface area (Å²) >= 11 is 0. The molecule has 4 heteroatoms. The van der Waals surface area contributed by atoms with Gasteiger partial charge in [0.25, 0.3) is 0 Å². The second-order valence-corrected chi connectivity index (χ2v) is 14.1. The van der Waals surface area contributed by atoms with Crippen LogP contribution < -0.4 is 11.5 Å². The molecule has 47 heavy (non-hydrogen) atoms. The molecule has 4 nitrogen and oxygen atoms in total. The molecule has 0 atom stereocenters. The Balaban J connectivity index is 0. The lowest BCUT2D eigenvalue weighted by atomic mass is 10.0. The Labute approximate surface area is 295 Å². The van der Waals surface area contributed by atoms with Gasteiger partial charge in [0.05, 0.1) is 0 Å². The van der Waals surface area contributed by atoms with E-state index in [-0.39, 0.29) is 11.8 Å². The summed E-state index contributed by atoms with van der Waals surface area (Å²) in [5.41, 5.74) is 10.3. The molecule has 4 N–H and O–H groups in total. The molecule has 0 rings (SSSR count). The van der Waals surface area contributed by atoms with E-state index in [1.165, 1.54) is 186 Å². The topological polar surface area (TPSA) is 86.2 Å². The first-order valence-corrected chi connectivity index (χ1v) is 20.9. The van der Waals surface area contributed by atoms with E-state index in [9.17, 15) is 9.59 Å². The van der Waals surface area contributed by atoms with E-state index < -0.39 is 0 Å². The molecule has 278 valence electrons. The highest BCUT2D eigenvalue weighted by molar-refractivity contribution is 5.73. The number of hydrogen-bond acceptors (Lipinski definition) is 2. The summed E-state index contributed by atoms with van der Waals surface area (Å²) in [7, 11) is 0. The van der Waals surface area contributed by atoms with Crippen molar-refractivity contribution in [3.05, 3.63) is 24.3 Å². The largest absolute Gasteiger partial charge is 0.370 e. The second kappa shape index (κ2) is 44.4. The van der Waals surface area contributed by atoms with Crippen LogP contribution in [0.5, 0.6) is 0 Å². The molecular formula is C43H84N2O2. The predicted octanol–water partition coefficient (Wildman–Crippen LogP) is 13.7. The van der Waals surface area contributed by atoms with Crippen molar-refractivity contribution in [1.29, 1.82) is 0 Å². The quantitative estimate of drug-likeness (QED) is 0.0513. The van der Waals surface area contributed by atoms with Crippen LogP contribution >= 0.6 is 0 Å². The molecule has 0 radical (unpaired) electrons. The molecule has 0 aliphatic carbocycles. The van der Waals surface area contributed by atoms with E-state index in [4.69, 9.17) is 11.5 Å². The predicted molar refractivity (Wildman–Crippen MR) is 210 cm³/mol. The molecule has 0 saturated carbocycles. The number of carbonyl (C=O) groups is 2. The van der Waals surface area contributed by atoms with Crippen molar-refractivity contribution in [2.45, 2.75) is 239 Å². The van der Waals surface area contributed by atoms with Crippen LogP contribution in [0.2, 0.25) is 0 Å². The zero-order valence-corrected chi connectivity index (χ0v) is 32.0. The zero-order valence-electron chi connectivity index (χ0n) is 32.0. The molecule has 0 bridgehead atoms. The van der Waals surface area contributed by atoms with Gasteiger partial charge in [-0.2, -0.15) is 0 Å². The van der Waals surface area contributed by atoms with E-state index in [2.05, 4.69) is 38.2 Å². The van der Waals surface area contributed by atoms with Crippen LogP contribution in [0, 0.1) is 0 Å². The van der Waals surface area contributed by atoms with Gasteiger partial charge in [-0.1, -0.05) is 186 Å². The second-order valence-electron chi connectivity index (χ2n) is 14.1. The van der Waals surface area contributed by atoms with Gasteiger partial charge in [-0.05, 0) is 64.2 Å². The fourth-order valence-corrected chi connectivity index (χ4v) is 5.98. The maximum atomic E-state index is 10.7. The van der Waals surface area contributed by atoms with Gasteiger partial charge in [-0.3, -0.25) is 9.59 Å². The SMILES string of the molecule is CCCCCC.NC(=O)CCCCCCC/C=C\CCCCCCCCCCCCCCCCC/C=C\CCCCCCCC(N)=O. The van der Waals surface area contributed by atoms with Gasteiger partial charge in [-0.25, -0.2) is 0 Å². The first kappa shape index (κ1) is 47.5. The Morgan fingerprint density at radius 2 is 0.511 bits per heavy atom. The van der Waals surface area contributed by atoms with Crippen LogP contribution in [0.15, 0.2) is 24.3 Å². The molecule has 2 amide bonds. The van der Waals surface area contributed by atoms with Gasteiger partial charge >= 0.3 is 0 Å². The third kappa shape index (κ3) is 51.4. The molecular weight excluding hydrogens is 576 g/mol. The van der Waals surface area contributed by atoms with Crippen LogP contribution in [-0.2, 0) is 9.59 Å². The molecule has 0 aromatic rings. The number of rotatable bonds is 37. The lowest BCUT2D eigenvalue weighted by Gasteiger charge is -2.03. The van der Waals surface area contributed by atoms with E-state index in [1.54, 1.807) is 0 Å².